The Labute approximate surface area is 111 Å². The number of carbonyl (C=O) groups is 1. The second kappa shape index (κ2) is 7.32. The number of nitrogens with zero attached hydrogens (tertiary/aromatic N) is 1. The molecule has 0 fully saturated rings. The Hall–Kier alpha value is -2.15. The molecule has 0 aromatic heterocycles. The lowest BCUT2D eigenvalue weighted by Crippen LogP contribution is -2.39. The van der Waals surface area contributed by atoms with Gasteiger partial charge in [-0.2, -0.15) is 0 Å². The molecule has 0 saturated carbocycles. The number of rotatable bonds is 7. The van der Waals surface area contributed by atoms with E-state index in [4.69, 9.17) is 4.74 Å². The Balaban J connectivity index is 2.56. The summed E-state index contributed by atoms with van der Waals surface area (Å²) in [5.74, 6) is -0.191. The van der Waals surface area contributed by atoms with Crippen molar-refractivity contribution in [3.8, 4) is 0 Å². The first kappa shape index (κ1) is 14.9. The summed E-state index contributed by atoms with van der Waals surface area (Å²) in [4.78, 5) is 21.8. The van der Waals surface area contributed by atoms with Gasteiger partial charge < -0.3 is 15.4 Å². The van der Waals surface area contributed by atoms with Gasteiger partial charge >= 0.3 is 0 Å². The molecule has 1 atom stereocenters. The van der Waals surface area contributed by atoms with E-state index in [1.54, 1.807) is 26.2 Å². The van der Waals surface area contributed by atoms with Gasteiger partial charge in [0, 0.05) is 31.5 Å². The summed E-state index contributed by atoms with van der Waals surface area (Å²) < 4.78 is 4.82. The van der Waals surface area contributed by atoms with Crippen LogP contribution in [0.1, 0.15) is 6.92 Å². The highest BCUT2D eigenvalue weighted by atomic mass is 16.6. The van der Waals surface area contributed by atoms with Crippen molar-refractivity contribution in [2.45, 2.75) is 13.0 Å². The molecule has 0 spiro atoms. The molecule has 0 aliphatic heterocycles. The summed E-state index contributed by atoms with van der Waals surface area (Å²) in [6.07, 6.45) is 0. The number of nitro benzene ring substituents is 1. The number of nitro groups is 1. The number of nitrogens with one attached hydrogen (secondary N) is 2. The van der Waals surface area contributed by atoms with Crippen LogP contribution in [0, 0.1) is 10.1 Å². The van der Waals surface area contributed by atoms with Crippen LogP contribution < -0.4 is 10.6 Å². The third-order valence-electron chi connectivity index (χ3n) is 2.44. The lowest BCUT2D eigenvalue weighted by molar-refractivity contribution is -0.384. The molecule has 104 valence electrons. The van der Waals surface area contributed by atoms with Crippen molar-refractivity contribution in [2.24, 2.45) is 0 Å². The first-order valence-corrected chi connectivity index (χ1v) is 5.82. The molecule has 0 saturated heterocycles. The molecule has 1 aromatic carbocycles. The number of hydrogen-bond donors (Lipinski definition) is 2. The van der Waals surface area contributed by atoms with Crippen molar-refractivity contribution in [1.82, 2.24) is 5.32 Å². The van der Waals surface area contributed by atoms with Crippen molar-refractivity contribution in [1.29, 1.82) is 0 Å². The van der Waals surface area contributed by atoms with Crippen LogP contribution in [0.3, 0.4) is 0 Å². The lowest BCUT2D eigenvalue weighted by atomic mass is 10.2. The van der Waals surface area contributed by atoms with Gasteiger partial charge in [-0.1, -0.05) is 6.07 Å². The molecule has 0 unspecified atom stereocenters. The van der Waals surface area contributed by atoms with E-state index in [0.29, 0.717) is 18.8 Å². The average Bonchev–Trinajstić information content (AvgIpc) is 2.39. The van der Waals surface area contributed by atoms with Crippen LogP contribution in [0.5, 0.6) is 0 Å². The number of hydrogen-bond acceptors (Lipinski definition) is 5. The normalized spacial score (nSPS) is 11.7. The predicted molar refractivity (Wildman–Crippen MR) is 71.1 cm³/mol. The standard InChI is InChI=1S/C12H17N3O4/c1-9(12(16)13-6-7-19-2)14-10-4-3-5-11(8-10)15(17)18/h3-5,8-9,14H,6-7H2,1-2H3,(H,13,16)/t9-/m1/s1. The third-order valence-corrected chi connectivity index (χ3v) is 2.44. The molecule has 2 N–H and O–H groups in total. The number of carbonyl (C=O) groups excluding carboxylic acids is 1. The van der Waals surface area contributed by atoms with Crippen molar-refractivity contribution in [3.63, 3.8) is 0 Å². The van der Waals surface area contributed by atoms with Crippen LogP contribution in [-0.4, -0.2) is 37.1 Å². The van der Waals surface area contributed by atoms with Crippen molar-refractivity contribution >= 4 is 17.3 Å². The minimum Gasteiger partial charge on any atom is -0.383 e. The Morgan fingerprint density at radius 1 is 1.53 bits per heavy atom. The quantitative estimate of drug-likeness (QED) is 0.439. The third kappa shape index (κ3) is 4.92. The van der Waals surface area contributed by atoms with Crippen molar-refractivity contribution < 1.29 is 14.5 Å². The summed E-state index contributed by atoms with van der Waals surface area (Å²) in [5.41, 5.74) is 0.514. The molecule has 19 heavy (non-hydrogen) atoms. The number of methoxy groups -OCH3 is 1. The first-order chi connectivity index (χ1) is 9.04. The monoisotopic (exact) mass is 267 g/mol. The minimum atomic E-state index is -0.487. The van der Waals surface area contributed by atoms with E-state index in [1.165, 1.54) is 12.1 Å². The number of non-ortho nitro benzene ring substituents is 1. The van der Waals surface area contributed by atoms with Crippen LogP contribution in [0.25, 0.3) is 0 Å². The van der Waals surface area contributed by atoms with Gasteiger partial charge in [0.2, 0.25) is 5.91 Å². The fourth-order valence-corrected chi connectivity index (χ4v) is 1.45. The highest BCUT2D eigenvalue weighted by Crippen LogP contribution is 2.17. The Kier molecular flexibility index (Phi) is 5.74. The largest absolute Gasteiger partial charge is 0.383 e. The topological polar surface area (TPSA) is 93.5 Å². The van der Waals surface area contributed by atoms with Gasteiger partial charge in [0.15, 0.2) is 0 Å². The molecule has 0 radical (unpaired) electrons. The van der Waals surface area contributed by atoms with Gasteiger partial charge in [-0.3, -0.25) is 14.9 Å². The van der Waals surface area contributed by atoms with E-state index < -0.39 is 11.0 Å². The molecule has 0 bridgehead atoms. The molecule has 1 rings (SSSR count). The Morgan fingerprint density at radius 3 is 2.89 bits per heavy atom. The summed E-state index contributed by atoms with van der Waals surface area (Å²) in [5, 5.41) is 16.2. The second-order valence-corrected chi connectivity index (χ2v) is 3.96. The zero-order valence-corrected chi connectivity index (χ0v) is 10.9. The van der Waals surface area contributed by atoms with Crippen molar-refractivity contribution in [3.05, 3.63) is 34.4 Å². The van der Waals surface area contributed by atoms with E-state index in [9.17, 15) is 14.9 Å². The summed E-state index contributed by atoms with van der Waals surface area (Å²) in [6, 6.07) is 5.54. The van der Waals surface area contributed by atoms with Crippen LogP contribution in [-0.2, 0) is 9.53 Å². The van der Waals surface area contributed by atoms with Gasteiger partial charge in [0.1, 0.15) is 6.04 Å². The molecule has 7 nitrogen and oxygen atoms in total. The SMILES string of the molecule is COCCNC(=O)[C@@H](C)Nc1cccc([N+](=O)[O-])c1. The van der Waals surface area contributed by atoms with Gasteiger partial charge in [0.25, 0.3) is 5.69 Å². The Bertz CT molecular complexity index is 450. The molecule has 1 aromatic rings. The number of ether oxygens (including phenoxy) is 1. The van der Waals surface area contributed by atoms with Gasteiger partial charge in [-0.15, -0.1) is 0 Å². The summed E-state index contributed by atoms with van der Waals surface area (Å²) >= 11 is 0. The first-order valence-electron chi connectivity index (χ1n) is 5.82. The maximum atomic E-state index is 11.7. The van der Waals surface area contributed by atoms with Crippen LogP contribution in [0.2, 0.25) is 0 Å². The van der Waals surface area contributed by atoms with E-state index in [1.807, 2.05) is 0 Å². The maximum absolute atomic E-state index is 11.7. The van der Waals surface area contributed by atoms with Crippen LogP contribution in [0.4, 0.5) is 11.4 Å². The molecular formula is C12H17N3O4. The maximum Gasteiger partial charge on any atom is 0.271 e. The molecular weight excluding hydrogens is 250 g/mol. The van der Waals surface area contributed by atoms with Crippen molar-refractivity contribution in [2.75, 3.05) is 25.6 Å². The Morgan fingerprint density at radius 2 is 2.26 bits per heavy atom. The molecule has 1 amide bonds. The smallest absolute Gasteiger partial charge is 0.271 e. The fraction of sp³-hybridized carbons (Fsp3) is 0.417. The summed E-state index contributed by atoms with van der Waals surface area (Å²) in [6.45, 7) is 2.55. The van der Waals surface area contributed by atoms with E-state index in [0.717, 1.165) is 0 Å². The van der Waals surface area contributed by atoms with E-state index >= 15 is 0 Å². The molecule has 0 aliphatic rings. The molecule has 0 heterocycles. The van der Waals surface area contributed by atoms with Gasteiger partial charge in [-0.05, 0) is 13.0 Å². The highest BCUT2D eigenvalue weighted by Gasteiger charge is 2.13. The molecule has 7 heteroatoms. The number of anilines is 1. The van der Waals surface area contributed by atoms with Gasteiger partial charge in [-0.25, -0.2) is 0 Å². The predicted octanol–water partition coefficient (Wildman–Crippen LogP) is 1.16. The average molecular weight is 267 g/mol. The molecule has 0 aliphatic carbocycles. The number of amides is 1. The summed E-state index contributed by atoms with van der Waals surface area (Å²) in [7, 11) is 1.55. The lowest BCUT2D eigenvalue weighted by Gasteiger charge is -2.14. The van der Waals surface area contributed by atoms with E-state index in [-0.39, 0.29) is 11.6 Å². The minimum absolute atomic E-state index is 0.0167. The number of benzene rings is 1. The second-order valence-electron chi connectivity index (χ2n) is 3.96. The zero-order valence-electron chi connectivity index (χ0n) is 10.9. The fourth-order valence-electron chi connectivity index (χ4n) is 1.45. The highest BCUT2D eigenvalue weighted by molar-refractivity contribution is 5.84. The zero-order chi connectivity index (χ0) is 14.3. The van der Waals surface area contributed by atoms with Crippen LogP contribution >= 0.6 is 0 Å². The van der Waals surface area contributed by atoms with E-state index in [2.05, 4.69) is 10.6 Å². The van der Waals surface area contributed by atoms with Gasteiger partial charge in [0.05, 0.1) is 11.5 Å². The van der Waals surface area contributed by atoms with Crippen LogP contribution in [0.15, 0.2) is 24.3 Å².